The van der Waals surface area contributed by atoms with Crippen LogP contribution in [0.5, 0.6) is 0 Å². The number of carboxylic acids is 1. The van der Waals surface area contributed by atoms with Crippen LogP contribution in [-0.2, 0) is 14.8 Å². The molecule has 178 valence electrons. The summed E-state index contributed by atoms with van der Waals surface area (Å²) in [7, 11) is -3.85. The standard InChI is InChI=1S/C24H23ClN2O6S/c1-14-11-22(15(2)10-20(14)25)34(32,33)27-19-5-3-4-18(12-19)16-6-8-17(9-7-16)23(29)26-21(13-28)24(30)31/h3-12,21,27-28H,13H2,1-2H3,(H,26,29)(H,30,31)/t21-/m1/s1. The lowest BCUT2D eigenvalue weighted by molar-refractivity contribution is -0.140. The minimum absolute atomic E-state index is 0.137. The molecule has 8 nitrogen and oxygen atoms in total. The van der Waals surface area contributed by atoms with E-state index in [1.165, 1.54) is 18.2 Å². The Morgan fingerprint density at radius 2 is 1.65 bits per heavy atom. The van der Waals surface area contributed by atoms with Crippen molar-refractivity contribution in [2.24, 2.45) is 0 Å². The number of aliphatic carboxylic acids is 1. The van der Waals surface area contributed by atoms with Crippen molar-refractivity contribution in [3.63, 3.8) is 0 Å². The largest absolute Gasteiger partial charge is 0.480 e. The van der Waals surface area contributed by atoms with Gasteiger partial charge >= 0.3 is 5.97 Å². The van der Waals surface area contributed by atoms with Crippen molar-refractivity contribution >= 4 is 39.2 Å². The Hall–Kier alpha value is -3.40. The Morgan fingerprint density at radius 3 is 2.26 bits per heavy atom. The molecule has 34 heavy (non-hydrogen) atoms. The van der Waals surface area contributed by atoms with Crippen molar-refractivity contribution in [3.8, 4) is 11.1 Å². The average molecular weight is 503 g/mol. The molecule has 0 saturated carbocycles. The molecule has 0 radical (unpaired) electrons. The molecule has 0 aromatic heterocycles. The Labute approximate surface area is 202 Å². The monoisotopic (exact) mass is 502 g/mol. The fourth-order valence-corrected chi connectivity index (χ4v) is 4.84. The van der Waals surface area contributed by atoms with Crippen LogP contribution in [0.2, 0.25) is 5.02 Å². The molecule has 0 spiro atoms. The number of carboxylic acid groups (broad SMARTS) is 1. The molecule has 1 amide bonds. The highest BCUT2D eigenvalue weighted by Crippen LogP contribution is 2.28. The molecule has 0 bridgehead atoms. The second kappa shape index (κ2) is 10.3. The number of nitrogens with one attached hydrogen (secondary N) is 2. The van der Waals surface area contributed by atoms with E-state index >= 15 is 0 Å². The maximum atomic E-state index is 13.0. The molecule has 3 aromatic rings. The van der Waals surface area contributed by atoms with Crippen molar-refractivity contribution < 1.29 is 28.2 Å². The molecule has 0 unspecified atom stereocenters. The zero-order valence-electron chi connectivity index (χ0n) is 18.4. The third-order valence-corrected chi connectivity index (χ3v) is 7.06. The van der Waals surface area contributed by atoms with Gasteiger partial charge in [-0.25, -0.2) is 13.2 Å². The molecule has 1 atom stereocenters. The fraction of sp³-hybridized carbons (Fsp3) is 0.167. The minimum atomic E-state index is -3.85. The third-order valence-electron chi connectivity index (χ3n) is 5.13. The number of halogens is 1. The van der Waals surface area contributed by atoms with E-state index in [9.17, 15) is 18.0 Å². The van der Waals surface area contributed by atoms with Crippen LogP contribution < -0.4 is 10.0 Å². The lowest BCUT2D eigenvalue weighted by atomic mass is 10.0. The van der Waals surface area contributed by atoms with Gasteiger partial charge in [0.15, 0.2) is 6.04 Å². The van der Waals surface area contributed by atoms with Crippen LogP contribution >= 0.6 is 11.6 Å². The molecule has 0 aliphatic rings. The number of aliphatic hydroxyl groups is 1. The number of anilines is 1. The number of hydrogen-bond acceptors (Lipinski definition) is 5. The number of benzene rings is 3. The summed E-state index contributed by atoms with van der Waals surface area (Å²) in [6.07, 6.45) is 0. The summed E-state index contributed by atoms with van der Waals surface area (Å²) in [5.41, 5.74) is 3.18. The zero-order valence-corrected chi connectivity index (χ0v) is 19.9. The molecule has 4 N–H and O–H groups in total. The maximum absolute atomic E-state index is 13.0. The van der Waals surface area contributed by atoms with Crippen molar-refractivity contribution in [1.29, 1.82) is 0 Å². The molecule has 0 fully saturated rings. The Balaban J connectivity index is 1.81. The van der Waals surface area contributed by atoms with Crippen LogP contribution in [0.15, 0.2) is 65.6 Å². The number of sulfonamides is 1. The first-order valence-electron chi connectivity index (χ1n) is 10.2. The van der Waals surface area contributed by atoms with Crippen LogP contribution in [0.3, 0.4) is 0 Å². The Morgan fingerprint density at radius 1 is 0.971 bits per heavy atom. The van der Waals surface area contributed by atoms with E-state index in [2.05, 4.69) is 10.0 Å². The van der Waals surface area contributed by atoms with Gasteiger partial charge in [0.2, 0.25) is 0 Å². The minimum Gasteiger partial charge on any atom is -0.480 e. The van der Waals surface area contributed by atoms with E-state index in [1.54, 1.807) is 56.3 Å². The molecular weight excluding hydrogens is 480 g/mol. The summed E-state index contributed by atoms with van der Waals surface area (Å²) < 4.78 is 28.5. The summed E-state index contributed by atoms with van der Waals surface area (Å²) in [6, 6.07) is 14.9. The number of hydrogen-bond donors (Lipinski definition) is 4. The summed E-state index contributed by atoms with van der Waals surface area (Å²) in [5.74, 6) is -1.97. The van der Waals surface area contributed by atoms with Crippen LogP contribution in [0.25, 0.3) is 11.1 Å². The Bertz CT molecular complexity index is 1340. The molecule has 10 heteroatoms. The van der Waals surface area contributed by atoms with Gasteiger partial charge in [0.05, 0.1) is 11.5 Å². The van der Waals surface area contributed by atoms with Gasteiger partial charge in [0.1, 0.15) is 0 Å². The summed E-state index contributed by atoms with van der Waals surface area (Å²) in [6.45, 7) is 2.68. The summed E-state index contributed by atoms with van der Waals surface area (Å²) >= 11 is 6.08. The topological polar surface area (TPSA) is 133 Å². The van der Waals surface area contributed by atoms with Crippen LogP contribution in [0.1, 0.15) is 21.5 Å². The number of amides is 1. The van der Waals surface area contributed by atoms with Gasteiger partial charge in [0.25, 0.3) is 15.9 Å². The first-order chi connectivity index (χ1) is 16.0. The van der Waals surface area contributed by atoms with E-state index in [-0.39, 0.29) is 10.5 Å². The number of aryl methyl sites for hydroxylation is 2. The lowest BCUT2D eigenvalue weighted by Gasteiger charge is -2.13. The maximum Gasteiger partial charge on any atom is 0.328 e. The predicted octanol–water partition coefficient (Wildman–Crippen LogP) is 3.60. The van der Waals surface area contributed by atoms with Gasteiger partial charge in [-0.2, -0.15) is 0 Å². The van der Waals surface area contributed by atoms with Gasteiger partial charge in [-0.1, -0.05) is 35.9 Å². The second-order valence-corrected chi connectivity index (χ2v) is 9.74. The van der Waals surface area contributed by atoms with Gasteiger partial charge in [-0.3, -0.25) is 9.52 Å². The highest BCUT2D eigenvalue weighted by Gasteiger charge is 2.20. The van der Waals surface area contributed by atoms with Gasteiger partial charge in [-0.05, 0) is 72.5 Å². The molecule has 3 aromatic carbocycles. The zero-order chi connectivity index (χ0) is 25.0. The van der Waals surface area contributed by atoms with Crippen LogP contribution in [0.4, 0.5) is 5.69 Å². The highest BCUT2D eigenvalue weighted by molar-refractivity contribution is 7.92. The van der Waals surface area contributed by atoms with Gasteiger partial charge in [-0.15, -0.1) is 0 Å². The van der Waals surface area contributed by atoms with Gasteiger partial charge in [0, 0.05) is 16.3 Å². The number of carbonyl (C=O) groups excluding carboxylic acids is 1. The van der Waals surface area contributed by atoms with E-state index in [4.69, 9.17) is 21.8 Å². The van der Waals surface area contributed by atoms with Gasteiger partial charge < -0.3 is 15.5 Å². The molecule has 0 aliphatic heterocycles. The van der Waals surface area contributed by atoms with Crippen LogP contribution in [0, 0.1) is 13.8 Å². The third kappa shape index (κ3) is 5.74. The second-order valence-electron chi connectivity index (χ2n) is 7.68. The summed E-state index contributed by atoms with van der Waals surface area (Å²) in [5, 5.41) is 20.7. The molecular formula is C24H23ClN2O6S. The lowest BCUT2D eigenvalue weighted by Crippen LogP contribution is -2.43. The van der Waals surface area contributed by atoms with Crippen molar-refractivity contribution in [3.05, 3.63) is 82.4 Å². The average Bonchev–Trinajstić information content (AvgIpc) is 2.79. The smallest absolute Gasteiger partial charge is 0.328 e. The molecule has 3 rings (SSSR count). The highest BCUT2D eigenvalue weighted by atomic mass is 35.5. The first kappa shape index (κ1) is 25.2. The van der Waals surface area contributed by atoms with Crippen LogP contribution in [-0.4, -0.2) is 43.2 Å². The number of rotatable bonds is 8. The Kier molecular flexibility index (Phi) is 7.61. The van der Waals surface area contributed by atoms with E-state index in [0.717, 1.165) is 0 Å². The molecule has 0 saturated heterocycles. The normalized spacial score (nSPS) is 12.1. The molecule has 0 aliphatic carbocycles. The SMILES string of the molecule is Cc1cc(S(=O)(=O)Nc2cccc(-c3ccc(C(=O)N[C@H](CO)C(=O)O)cc3)c2)c(C)cc1Cl. The number of carbonyl (C=O) groups is 2. The van der Waals surface area contributed by atoms with E-state index < -0.39 is 34.5 Å². The van der Waals surface area contributed by atoms with Crippen molar-refractivity contribution in [2.45, 2.75) is 24.8 Å². The van der Waals surface area contributed by atoms with E-state index in [0.29, 0.717) is 33.0 Å². The van der Waals surface area contributed by atoms with Crippen molar-refractivity contribution in [2.75, 3.05) is 11.3 Å². The first-order valence-corrected chi connectivity index (χ1v) is 12.0. The van der Waals surface area contributed by atoms with Crippen molar-refractivity contribution in [1.82, 2.24) is 5.32 Å². The summed E-state index contributed by atoms with van der Waals surface area (Å²) in [4.78, 5) is 23.3. The van der Waals surface area contributed by atoms with E-state index in [1.807, 2.05) is 0 Å². The predicted molar refractivity (Wildman–Crippen MR) is 130 cm³/mol. The number of aliphatic hydroxyl groups excluding tert-OH is 1. The quantitative estimate of drug-likeness (QED) is 0.372. The fourth-order valence-electron chi connectivity index (χ4n) is 3.26. The molecule has 0 heterocycles.